The predicted molar refractivity (Wildman–Crippen MR) is 131 cm³/mol. The van der Waals surface area contributed by atoms with Gasteiger partial charge in [-0.2, -0.15) is 0 Å². The molecule has 0 fully saturated rings. The van der Waals surface area contributed by atoms with Gasteiger partial charge in [-0.25, -0.2) is 0 Å². The highest BCUT2D eigenvalue weighted by Gasteiger charge is 2.21. The van der Waals surface area contributed by atoms with E-state index in [-0.39, 0.29) is 12.6 Å². The Hall–Kier alpha value is -4.20. The first-order chi connectivity index (χ1) is 16.3. The Labute approximate surface area is 198 Å². The summed E-state index contributed by atoms with van der Waals surface area (Å²) in [5.74, 6) is -0.663. The zero-order valence-electron chi connectivity index (χ0n) is 19.4. The molecule has 1 aromatic heterocycles. The summed E-state index contributed by atoms with van der Waals surface area (Å²) < 4.78 is 7.80. The number of methoxy groups -OCH3 is 1. The fourth-order valence-electron chi connectivity index (χ4n) is 4.30. The minimum Gasteiger partial charge on any atom is -0.496 e. The van der Waals surface area contributed by atoms with Gasteiger partial charge in [0.15, 0.2) is 0 Å². The Morgan fingerprint density at radius 1 is 1.15 bits per heavy atom. The van der Waals surface area contributed by atoms with Crippen molar-refractivity contribution in [1.82, 2.24) is 9.88 Å². The van der Waals surface area contributed by atoms with E-state index in [0.29, 0.717) is 17.7 Å². The van der Waals surface area contributed by atoms with Crippen molar-refractivity contribution in [2.24, 2.45) is 5.73 Å². The molecule has 0 bridgehead atoms. The quantitative estimate of drug-likeness (QED) is 0.472. The Balaban J connectivity index is 1.85. The van der Waals surface area contributed by atoms with Crippen LogP contribution in [0.5, 0.6) is 5.75 Å². The largest absolute Gasteiger partial charge is 0.496 e. The van der Waals surface area contributed by atoms with Crippen LogP contribution in [0.15, 0.2) is 60.9 Å². The molecule has 176 valence electrons. The third-order valence-electron chi connectivity index (χ3n) is 6.03. The van der Waals surface area contributed by atoms with Gasteiger partial charge in [-0.3, -0.25) is 9.59 Å². The van der Waals surface area contributed by atoms with E-state index in [4.69, 9.17) is 10.5 Å². The number of nitrogens with zero attached hydrogens (tertiary/aromatic N) is 2. The highest BCUT2D eigenvalue weighted by molar-refractivity contribution is 5.93. The first-order valence-electron chi connectivity index (χ1n) is 11.0. The van der Waals surface area contributed by atoms with Crippen molar-refractivity contribution in [1.29, 1.82) is 0 Å². The number of carbonyl (C=O) groups is 2. The first kappa shape index (κ1) is 23.0. The number of nitrogens with two attached hydrogens (primary N) is 1. The van der Waals surface area contributed by atoms with Crippen LogP contribution in [0, 0.1) is 6.92 Å². The van der Waals surface area contributed by atoms with Crippen molar-refractivity contribution in [2.45, 2.75) is 32.9 Å². The van der Waals surface area contributed by atoms with Crippen LogP contribution in [0.3, 0.4) is 0 Å². The molecule has 0 spiro atoms. The van der Waals surface area contributed by atoms with E-state index < -0.39 is 11.9 Å². The van der Waals surface area contributed by atoms with Crippen molar-refractivity contribution < 1.29 is 19.4 Å². The third-order valence-corrected chi connectivity index (χ3v) is 6.03. The normalized spacial score (nSPS) is 14.8. The molecule has 4 rings (SSSR count). The number of aliphatic carboxylic acids is 1. The summed E-state index contributed by atoms with van der Waals surface area (Å²) in [4.78, 5) is 25.0. The number of carboxylic acids is 1. The topological polar surface area (TPSA) is 110 Å². The number of hydrogen-bond acceptors (Lipinski definition) is 5. The zero-order valence-corrected chi connectivity index (χ0v) is 19.4. The molecule has 8 nitrogen and oxygen atoms in total. The number of primary amides is 1. The second kappa shape index (κ2) is 9.35. The number of anilines is 1. The first-order valence-corrected chi connectivity index (χ1v) is 11.0. The van der Waals surface area contributed by atoms with Gasteiger partial charge in [0.05, 0.1) is 25.4 Å². The molecule has 34 heavy (non-hydrogen) atoms. The number of nitrogens with one attached hydrogen (secondary N) is 1. The number of rotatable bonds is 8. The van der Waals surface area contributed by atoms with Crippen molar-refractivity contribution in [3.8, 4) is 22.7 Å². The molecule has 4 N–H and O–H groups in total. The fourth-order valence-corrected chi connectivity index (χ4v) is 4.30. The Bertz CT molecular complexity index is 1280. The van der Waals surface area contributed by atoms with E-state index in [2.05, 4.69) is 17.1 Å². The lowest BCUT2D eigenvalue weighted by Crippen LogP contribution is -2.31. The molecule has 1 aliphatic rings. The summed E-state index contributed by atoms with van der Waals surface area (Å²) in [5, 5.41) is 12.5. The molecule has 1 atom stereocenters. The van der Waals surface area contributed by atoms with E-state index in [1.54, 1.807) is 19.2 Å². The van der Waals surface area contributed by atoms with Gasteiger partial charge in [-0.05, 0) is 68.3 Å². The maximum Gasteiger partial charge on any atom is 0.303 e. The number of carbonyl (C=O) groups excluding carboxylic acids is 1. The van der Waals surface area contributed by atoms with Crippen molar-refractivity contribution in [3.63, 3.8) is 0 Å². The number of aromatic nitrogens is 1. The molecular formula is C26H28N4O4. The SMILES string of the molecule is COc1cc(N2C=CNC2C)ccc1-c1ccc(CCC(=O)O)n1-c1ccc(C(N)=O)cc1C. The van der Waals surface area contributed by atoms with Gasteiger partial charge < -0.3 is 30.4 Å². The molecule has 0 saturated heterocycles. The summed E-state index contributed by atoms with van der Waals surface area (Å²) in [5.41, 5.74) is 11.1. The van der Waals surface area contributed by atoms with Crippen LogP contribution < -0.4 is 20.7 Å². The fraction of sp³-hybridized carbons (Fsp3) is 0.231. The lowest BCUT2D eigenvalue weighted by molar-refractivity contribution is -0.136. The molecule has 2 aromatic carbocycles. The Kier molecular flexibility index (Phi) is 6.32. The lowest BCUT2D eigenvalue weighted by atomic mass is 10.1. The summed E-state index contributed by atoms with van der Waals surface area (Å²) in [6.45, 7) is 3.97. The standard InChI is InChI=1S/C26H28N4O4/c1-16-14-18(26(27)33)4-9-22(16)30-19(7-11-25(31)32)6-10-23(30)21-8-5-20(15-24(21)34-3)29-13-12-28-17(29)2/h4-6,8-10,12-15,17,28H,7,11H2,1-3H3,(H2,27,33)(H,31,32). The maximum atomic E-state index is 11.7. The van der Waals surface area contributed by atoms with Gasteiger partial charge in [0.25, 0.3) is 0 Å². The summed E-state index contributed by atoms with van der Waals surface area (Å²) in [6, 6.07) is 15.2. The molecule has 8 heteroatoms. The van der Waals surface area contributed by atoms with Crippen LogP contribution in [0.25, 0.3) is 16.9 Å². The Morgan fingerprint density at radius 2 is 1.94 bits per heavy atom. The average molecular weight is 461 g/mol. The maximum absolute atomic E-state index is 11.7. The minimum absolute atomic E-state index is 0.00409. The van der Waals surface area contributed by atoms with E-state index in [0.717, 1.165) is 33.9 Å². The molecule has 0 saturated carbocycles. The second-order valence-electron chi connectivity index (χ2n) is 8.25. The van der Waals surface area contributed by atoms with Crippen molar-refractivity contribution in [2.75, 3.05) is 12.0 Å². The number of aryl methyl sites for hydroxylation is 2. The highest BCUT2D eigenvalue weighted by Crippen LogP contribution is 2.38. The van der Waals surface area contributed by atoms with E-state index in [9.17, 15) is 14.7 Å². The molecule has 3 aromatic rings. The van der Waals surface area contributed by atoms with Crippen molar-refractivity contribution >= 4 is 17.6 Å². The number of ether oxygens (including phenoxy) is 1. The minimum atomic E-state index is -0.863. The summed E-state index contributed by atoms with van der Waals surface area (Å²) >= 11 is 0. The highest BCUT2D eigenvalue weighted by atomic mass is 16.5. The predicted octanol–water partition coefficient (Wildman–Crippen LogP) is 3.80. The van der Waals surface area contributed by atoms with Crippen LogP contribution in [-0.4, -0.2) is 34.8 Å². The van der Waals surface area contributed by atoms with Gasteiger partial charge >= 0.3 is 5.97 Å². The van der Waals surface area contributed by atoms with E-state index >= 15 is 0 Å². The number of amides is 1. The van der Waals surface area contributed by atoms with Gasteiger partial charge in [0.2, 0.25) is 5.91 Å². The molecule has 0 aliphatic carbocycles. The Morgan fingerprint density at radius 3 is 2.56 bits per heavy atom. The van der Waals surface area contributed by atoms with Gasteiger partial charge in [0.1, 0.15) is 5.75 Å². The van der Waals surface area contributed by atoms with Crippen LogP contribution >= 0.6 is 0 Å². The third kappa shape index (κ3) is 4.34. The average Bonchev–Trinajstić information content (AvgIpc) is 3.43. The molecule has 1 amide bonds. The van der Waals surface area contributed by atoms with Gasteiger partial charge in [0, 0.05) is 46.7 Å². The molecule has 0 radical (unpaired) electrons. The summed E-state index contributed by atoms with van der Waals surface area (Å²) in [6.07, 6.45) is 4.38. The van der Waals surface area contributed by atoms with Gasteiger partial charge in [-0.15, -0.1) is 0 Å². The summed E-state index contributed by atoms with van der Waals surface area (Å²) in [7, 11) is 1.63. The molecule has 2 heterocycles. The van der Waals surface area contributed by atoms with E-state index in [1.165, 1.54) is 0 Å². The van der Waals surface area contributed by atoms with Crippen LogP contribution in [0.2, 0.25) is 0 Å². The smallest absolute Gasteiger partial charge is 0.303 e. The van der Waals surface area contributed by atoms with Crippen molar-refractivity contribution in [3.05, 3.63) is 77.8 Å². The monoisotopic (exact) mass is 460 g/mol. The molecule has 1 aliphatic heterocycles. The van der Waals surface area contributed by atoms with Crippen LogP contribution in [0.4, 0.5) is 5.69 Å². The number of benzene rings is 2. The molecule has 1 unspecified atom stereocenters. The van der Waals surface area contributed by atoms with E-state index in [1.807, 2.05) is 60.3 Å². The second-order valence-corrected chi connectivity index (χ2v) is 8.25. The molecular weight excluding hydrogens is 432 g/mol. The van der Waals surface area contributed by atoms with Crippen LogP contribution in [-0.2, 0) is 11.2 Å². The number of hydrogen-bond donors (Lipinski definition) is 3. The van der Waals surface area contributed by atoms with Crippen LogP contribution in [0.1, 0.15) is 35.0 Å². The van der Waals surface area contributed by atoms with Gasteiger partial charge in [-0.1, -0.05) is 0 Å². The zero-order chi connectivity index (χ0) is 24.4. The lowest BCUT2D eigenvalue weighted by Gasteiger charge is -2.24. The number of carboxylic acid groups (broad SMARTS) is 1.